The van der Waals surface area contributed by atoms with Crippen molar-refractivity contribution >= 4 is 23.3 Å². The first-order valence-corrected chi connectivity index (χ1v) is 9.66. The molecule has 0 bridgehead atoms. The first-order valence-electron chi connectivity index (χ1n) is 8.84. The van der Waals surface area contributed by atoms with Crippen molar-refractivity contribution in [3.05, 3.63) is 51.9 Å². The standard InChI is InChI=1S/C16H18N2S.C4H4O4/c1-18-8-4-6-12(10-18)16-17-15-13-7-3-2-5-11(13)9-14(15)19-16;5-3(6)1-2-4(7)8/h2-3,5,7,12H,4,6,8-10H2,1H3;1-2H,(H,5,6)(H,7,8). The van der Waals surface area contributed by atoms with Gasteiger partial charge in [-0.15, -0.1) is 11.3 Å². The Bertz CT molecular complexity index is 859. The van der Waals surface area contributed by atoms with E-state index in [1.165, 1.54) is 52.6 Å². The molecule has 2 aliphatic rings. The van der Waals surface area contributed by atoms with Crippen LogP contribution in [0.5, 0.6) is 0 Å². The molecule has 0 spiro atoms. The molecule has 2 aromatic rings. The van der Waals surface area contributed by atoms with Crippen LogP contribution in [0.1, 0.15) is 34.2 Å². The number of benzene rings is 1. The summed E-state index contributed by atoms with van der Waals surface area (Å²) in [5.41, 5.74) is 4.08. The van der Waals surface area contributed by atoms with E-state index in [4.69, 9.17) is 15.2 Å². The van der Waals surface area contributed by atoms with Crippen LogP contribution in [0, 0.1) is 0 Å². The number of likely N-dealkylation sites (tertiary alicyclic amines) is 1. The molecule has 2 N–H and O–H groups in total. The van der Waals surface area contributed by atoms with Crippen LogP contribution in [0.15, 0.2) is 36.4 Å². The van der Waals surface area contributed by atoms with Crippen molar-refractivity contribution in [2.75, 3.05) is 20.1 Å². The number of thiazole rings is 1. The molecule has 0 radical (unpaired) electrons. The normalized spacial score (nSPS) is 18.5. The number of carbonyl (C=O) groups is 2. The lowest BCUT2D eigenvalue weighted by atomic mass is 9.99. The monoisotopic (exact) mass is 386 g/mol. The molecule has 1 fully saturated rings. The zero-order valence-electron chi connectivity index (χ0n) is 15.1. The van der Waals surface area contributed by atoms with E-state index in [-0.39, 0.29) is 0 Å². The maximum atomic E-state index is 9.55. The summed E-state index contributed by atoms with van der Waals surface area (Å²) in [6.07, 6.45) is 4.82. The summed E-state index contributed by atoms with van der Waals surface area (Å²) in [6.45, 7) is 2.42. The van der Waals surface area contributed by atoms with Gasteiger partial charge in [-0.05, 0) is 32.0 Å². The third-order valence-corrected chi connectivity index (χ3v) is 5.90. The van der Waals surface area contributed by atoms with Gasteiger partial charge in [-0.25, -0.2) is 14.6 Å². The Morgan fingerprint density at radius 2 is 1.93 bits per heavy atom. The van der Waals surface area contributed by atoms with E-state index in [1.54, 1.807) is 0 Å². The number of hydrogen-bond acceptors (Lipinski definition) is 5. The molecule has 6 nitrogen and oxygen atoms in total. The number of piperidine rings is 1. The molecule has 1 atom stereocenters. The van der Waals surface area contributed by atoms with E-state index >= 15 is 0 Å². The molecule has 1 unspecified atom stereocenters. The van der Waals surface area contributed by atoms with Crippen LogP contribution in [0.25, 0.3) is 11.3 Å². The van der Waals surface area contributed by atoms with Gasteiger partial charge >= 0.3 is 11.9 Å². The zero-order chi connectivity index (χ0) is 19.4. The second kappa shape index (κ2) is 8.45. The lowest BCUT2D eigenvalue weighted by molar-refractivity contribution is -0.134. The highest BCUT2D eigenvalue weighted by Gasteiger charge is 2.27. The van der Waals surface area contributed by atoms with Gasteiger partial charge in [0.1, 0.15) is 0 Å². The first-order chi connectivity index (χ1) is 12.9. The summed E-state index contributed by atoms with van der Waals surface area (Å²) in [4.78, 5) is 28.0. The molecule has 4 rings (SSSR count). The molecule has 7 heteroatoms. The largest absolute Gasteiger partial charge is 0.478 e. The molecule has 27 heavy (non-hydrogen) atoms. The van der Waals surface area contributed by atoms with Gasteiger partial charge in [0, 0.05) is 41.5 Å². The van der Waals surface area contributed by atoms with Crippen LogP contribution in [-0.2, 0) is 16.0 Å². The molecule has 1 saturated heterocycles. The smallest absolute Gasteiger partial charge is 0.328 e. The average Bonchev–Trinajstić information content (AvgIpc) is 3.18. The summed E-state index contributed by atoms with van der Waals surface area (Å²) >= 11 is 1.95. The molecule has 1 aliphatic heterocycles. The fourth-order valence-corrected chi connectivity index (χ4v) is 4.69. The average molecular weight is 386 g/mol. The summed E-state index contributed by atoms with van der Waals surface area (Å²) in [6, 6.07) is 8.71. The second-order valence-electron chi connectivity index (χ2n) is 6.77. The van der Waals surface area contributed by atoms with Gasteiger partial charge in [-0.1, -0.05) is 24.3 Å². The number of carboxylic acid groups (broad SMARTS) is 2. The molecule has 1 aromatic heterocycles. The van der Waals surface area contributed by atoms with Crippen molar-refractivity contribution in [3.8, 4) is 11.3 Å². The zero-order valence-corrected chi connectivity index (χ0v) is 15.9. The second-order valence-corrected chi connectivity index (χ2v) is 7.88. The fourth-order valence-electron chi connectivity index (χ4n) is 3.46. The number of rotatable bonds is 3. The third-order valence-electron chi connectivity index (χ3n) is 4.68. The Morgan fingerprint density at radius 1 is 1.22 bits per heavy atom. The van der Waals surface area contributed by atoms with Crippen molar-refractivity contribution in [3.63, 3.8) is 0 Å². The van der Waals surface area contributed by atoms with Crippen LogP contribution in [0.4, 0.5) is 0 Å². The highest BCUT2D eigenvalue weighted by molar-refractivity contribution is 7.12. The number of aromatic nitrogens is 1. The van der Waals surface area contributed by atoms with Gasteiger partial charge in [-0.3, -0.25) is 0 Å². The molecular formula is C20H22N2O4S. The van der Waals surface area contributed by atoms with Gasteiger partial charge in [0.25, 0.3) is 0 Å². The van der Waals surface area contributed by atoms with Crippen LogP contribution < -0.4 is 0 Å². The minimum atomic E-state index is -1.26. The molecule has 1 aromatic carbocycles. The van der Waals surface area contributed by atoms with Gasteiger partial charge in [0.2, 0.25) is 0 Å². The number of nitrogens with zero attached hydrogens (tertiary/aromatic N) is 2. The summed E-state index contributed by atoms with van der Waals surface area (Å²) in [5, 5.41) is 17.0. The lowest BCUT2D eigenvalue weighted by Gasteiger charge is -2.28. The number of carboxylic acids is 2. The van der Waals surface area contributed by atoms with E-state index in [0.29, 0.717) is 18.1 Å². The fraction of sp³-hybridized carbons (Fsp3) is 0.350. The number of aliphatic carboxylic acids is 2. The van der Waals surface area contributed by atoms with E-state index in [9.17, 15) is 9.59 Å². The third kappa shape index (κ3) is 4.81. The van der Waals surface area contributed by atoms with Gasteiger partial charge in [0.15, 0.2) is 0 Å². The van der Waals surface area contributed by atoms with Crippen molar-refractivity contribution in [2.24, 2.45) is 0 Å². The van der Waals surface area contributed by atoms with Crippen molar-refractivity contribution in [1.82, 2.24) is 9.88 Å². The first kappa shape index (κ1) is 19.3. The summed E-state index contributed by atoms with van der Waals surface area (Å²) in [7, 11) is 2.22. The summed E-state index contributed by atoms with van der Waals surface area (Å²) < 4.78 is 0. The molecule has 2 heterocycles. The lowest BCUT2D eigenvalue weighted by Crippen LogP contribution is -2.30. The molecule has 0 amide bonds. The highest BCUT2D eigenvalue weighted by Crippen LogP contribution is 2.42. The van der Waals surface area contributed by atoms with Crippen molar-refractivity contribution < 1.29 is 19.8 Å². The van der Waals surface area contributed by atoms with Crippen LogP contribution >= 0.6 is 11.3 Å². The number of hydrogen-bond donors (Lipinski definition) is 2. The molecule has 142 valence electrons. The van der Waals surface area contributed by atoms with E-state index in [0.717, 1.165) is 6.42 Å². The topological polar surface area (TPSA) is 90.7 Å². The highest BCUT2D eigenvalue weighted by atomic mass is 32.1. The predicted octanol–water partition coefficient (Wildman–Crippen LogP) is 3.24. The Balaban J connectivity index is 0.000000226. The number of likely N-dealkylation sites (N-methyl/N-ethyl adjacent to an activating group) is 1. The van der Waals surface area contributed by atoms with Gasteiger partial charge in [-0.2, -0.15) is 0 Å². The van der Waals surface area contributed by atoms with Crippen LogP contribution in [0.2, 0.25) is 0 Å². The molecule has 1 aliphatic carbocycles. The van der Waals surface area contributed by atoms with E-state index < -0.39 is 11.9 Å². The van der Waals surface area contributed by atoms with Crippen molar-refractivity contribution in [2.45, 2.75) is 25.2 Å². The Kier molecular flexibility index (Phi) is 6.03. The minimum absolute atomic E-state index is 0.558. The molecular weight excluding hydrogens is 364 g/mol. The van der Waals surface area contributed by atoms with E-state index in [2.05, 4.69) is 36.2 Å². The van der Waals surface area contributed by atoms with Gasteiger partial charge in [0.05, 0.1) is 10.7 Å². The maximum Gasteiger partial charge on any atom is 0.328 e. The van der Waals surface area contributed by atoms with Crippen LogP contribution in [0.3, 0.4) is 0 Å². The quantitative estimate of drug-likeness (QED) is 0.672. The van der Waals surface area contributed by atoms with E-state index in [1.807, 2.05) is 11.3 Å². The summed E-state index contributed by atoms with van der Waals surface area (Å²) in [5.74, 6) is -1.86. The Hall–Kier alpha value is -2.51. The van der Waals surface area contributed by atoms with Crippen molar-refractivity contribution in [1.29, 1.82) is 0 Å². The Morgan fingerprint density at radius 3 is 2.59 bits per heavy atom. The Labute approximate surface area is 161 Å². The minimum Gasteiger partial charge on any atom is -0.478 e. The SMILES string of the molecule is CN1CCCC(c2nc3c(s2)Cc2ccccc2-3)C1.O=C(O)C=CC(=O)O. The van der Waals surface area contributed by atoms with Crippen LogP contribution in [-0.4, -0.2) is 52.2 Å². The molecule has 0 saturated carbocycles. The number of fused-ring (bicyclic) bond motifs is 3. The maximum absolute atomic E-state index is 9.55. The predicted molar refractivity (Wildman–Crippen MR) is 104 cm³/mol. The van der Waals surface area contributed by atoms with Gasteiger partial charge < -0.3 is 15.1 Å².